The van der Waals surface area contributed by atoms with E-state index >= 15 is 0 Å². The highest BCUT2D eigenvalue weighted by Crippen LogP contribution is 2.22. The van der Waals surface area contributed by atoms with Gasteiger partial charge in [0.15, 0.2) is 0 Å². The number of furan rings is 1. The van der Waals surface area contributed by atoms with Gasteiger partial charge in [0.05, 0.1) is 23.3 Å². The van der Waals surface area contributed by atoms with Crippen molar-refractivity contribution in [3.63, 3.8) is 0 Å². The lowest BCUT2D eigenvalue weighted by Gasteiger charge is -2.21. The lowest BCUT2D eigenvalue weighted by atomic mass is 10.0. The Bertz CT molecular complexity index is 554. The molecule has 0 aliphatic carbocycles. The largest absolute Gasteiger partial charge is 0.468 e. The van der Waals surface area contributed by atoms with Gasteiger partial charge in [-0.3, -0.25) is 4.79 Å². The first kappa shape index (κ1) is 16.7. The van der Waals surface area contributed by atoms with Crippen LogP contribution in [0.25, 0.3) is 0 Å². The van der Waals surface area contributed by atoms with Crippen LogP contribution in [0.1, 0.15) is 44.1 Å². The molecule has 0 aliphatic rings. The molecule has 1 amide bonds. The summed E-state index contributed by atoms with van der Waals surface area (Å²) in [5, 5.41) is 3.07. The minimum absolute atomic E-state index is 0.0823. The standard InChI is InChI=1S/C18H23NO2S/c1-3-8-17(15-9-5-4-6-10-15)19-18(20)14(2)22-13-16-11-7-12-21-16/h4-7,9-12,14,17H,3,8,13H2,1-2H3,(H,19,20). The smallest absolute Gasteiger partial charge is 0.233 e. The van der Waals surface area contributed by atoms with Crippen LogP contribution in [0.4, 0.5) is 0 Å². The molecule has 22 heavy (non-hydrogen) atoms. The van der Waals surface area contributed by atoms with Crippen LogP contribution in [0, 0.1) is 0 Å². The number of rotatable bonds is 8. The number of hydrogen-bond acceptors (Lipinski definition) is 3. The molecular formula is C18H23NO2S. The number of thioether (sulfide) groups is 1. The second-order valence-electron chi connectivity index (χ2n) is 5.29. The molecule has 118 valence electrons. The molecule has 3 nitrogen and oxygen atoms in total. The molecule has 1 aromatic heterocycles. The predicted octanol–water partition coefficient (Wildman–Crippen LogP) is 4.56. The summed E-state index contributed by atoms with van der Waals surface area (Å²) >= 11 is 1.59. The summed E-state index contributed by atoms with van der Waals surface area (Å²) in [6.45, 7) is 4.08. The van der Waals surface area contributed by atoms with Crippen LogP contribution >= 0.6 is 11.8 Å². The molecular weight excluding hydrogens is 294 g/mol. The quantitative estimate of drug-likeness (QED) is 0.776. The summed E-state index contributed by atoms with van der Waals surface area (Å²) in [5.74, 6) is 1.70. The molecule has 2 aromatic rings. The minimum Gasteiger partial charge on any atom is -0.468 e. The van der Waals surface area contributed by atoms with Crippen molar-refractivity contribution in [2.24, 2.45) is 0 Å². The molecule has 1 heterocycles. The highest BCUT2D eigenvalue weighted by Gasteiger charge is 2.19. The molecule has 0 saturated heterocycles. The van der Waals surface area contributed by atoms with Crippen LogP contribution < -0.4 is 5.32 Å². The van der Waals surface area contributed by atoms with E-state index in [2.05, 4.69) is 24.4 Å². The van der Waals surface area contributed by atoms with Crippen molar-refractivity contribution < 1.29 is 9.21 Å². The van der Waals surface area contributed by atoms with Gasteiger partial charge in [-0.05, 0) is 31.0 Å². The molecule has 0 aliphatic heterocycles. The van der Waals surface area contributed by atoms with Gasteiger partial charge in [0.2, 0.25) is 5.91 Å². The van der Waals surface area contributed by atoms with E-state index in [0.29, 0.717) is 5.75 Å². The predicted molar refractivity (Wildman–Crippen MR) is 91.7 cm³/mol. The van der Waals surface area contributed by atoms with E-state index in [-0.39, 0.29) is 17.2 Å². The fourth-order valence-corrected chi connectivity index (χ4v) is 3.06. The van der Waals surface area contributed by atoms with Crippen molar-refractivity contribution in [3.05, 3.63) is 60.1 Å². The van der Waals surface area contributed by atoms with E-state index in [9.17, 15) is 4.79 Å². The molecule has 0 spiro atoms. The number of benzene rings is 1. The van der Waals surface area contributed by atoms with E-state index in [4.69, 9.17) is 4.42 Å². The Hall–Kier alpha value is -1.68. The lowest BCUT2D eigenvalue weighted by Crippen LogP contribution is -2.34. The van der Waals surface area contributed by atoms with E-state index in [0.717, 1.165) is 18.6 Å². The Kier molecular flexibility index (Phi) is 6.59. The van der Waals surface area contributed by atoms with Crippen molar-refractivity contribution in [3.8, 4) is 0 Å². The highest BCUT2D eigenvalue weighted by atomic mass is 32.2. The summed E-state index contributed by atoms with van der Waals surface area (Å²) in [5.41, 5.74) is 1.17. The fourth-order valence-electron chi connectivity index (χ4n) is 2.26. The van der Waals surface area contributed by atoms with Crippen molar-refractivity contribution >= 4 is 17.7 Å². The van der Waals surface area contributed by atoms with Crippen LogP contribution in [0.15, 0.2) is 53.1 Å². The monoisotopic (exact) mass is 317 g/mol. The van der Waals surface area contributed by atoms with Crippen LogP contribution in [0.3, 0.4) is 0 Å². The summed E-state index contributed by atoms with van der Waals surface area (Å²) in [6, 6.07) is 14.1. The maximum atomic E-state index is 12.4. The van der Waals surface area contributed by atoms with Gasteiger partial charge in [0.1, 0.15) is 5.76 Å². The van der Waals surface area contributed by atoms with Crippen molar-refractivity contribution in [1.29, 1.82) is 0 Å². The Morgan fingerprint density at radius 2 is 2.00 bits per heavy atom. The number of hydrogen-bond donors (Lipinski definition) is 1. The zero-order valence-corrected chi connectivity index (χ0v) is 13.9. The number of nitrogens with one attached hydrogen (secondary N) is 1. The fraction of sp³-hybridized carbons (Fsp3) is 0.389. The molecule has 4 heteroatoms. The normalized spacial score (nSPS) is 13.5. The topological polar surface area (TPSA) is 42.2 Å². The summed E-state index contributed by atoms with van der Waals surface area (Å²) in [7, 11) is 0. The molecule has 0 saturated carbocycles. The van der Waals surface area contributed by atoms with Crippen molar-refractivity contribution in [1.82, 2.24) is 5.32 Å². The van der Waals surface area contributed by atoms with Crippen LogP contribution in [-0.2, 0) is 10.5 Å². The zero-order chi connectivity index (χ0) is 15.8. The molecule has 1 aromatic carbocycles. The number of carbonyl (C=O) groups is 1. The van der Waals surface area contributed by atoms with E-state index in [1.807, 2.05) is 37.3 Å². The number of amides is 1. The lowest BCUT2D eigenvalue weighted by molar-refractivity contribution is -0.121. The molecule has 0 radical (unpaired) electrons. The summed E-state index contributed by atoms with van der Waals surface area (Å²) in [6.07, 6.45) is 3.65. The van der Waals surface area contributed by atoms with Gasteiger partial charge in [-0.1, -0.05) is 43.7 Å². The molecule has 1 N–H and O–H groups in total. The SMILES string of the molecule is CCCC(NC(=O)C(C)SCc1ccco1)c1ccccc1. The highest BCUT2D eigenvalue weighted by molar-refractivity contribution is 7.99. The van der Waals surface area contributed by atoms with Gasteiger partial charge < -0.3 is 9.73 Å². The Labute approximate surface area is 136 Å². The zero-order valence-electron chi connectivity index (χ0n) is 13.1. The summed E-state index contributed by atoms with van der Waals surface area (Å²) < 4.78 is 5.30. The molecule has 0 fully saturated rings. The van der Waals surface area contributed by atoms with Crippen LogP contribution in [-0.4, -0.2) is 11.2 Å². The van der Waals surface area contributed by atoms with E-state index in [1.54, 1.807) is 18.0 Å². The number of carbonyl (C=O) groups excluding carboxylic acids is 1. The first-order chi connectivity index (χ1) is 10.7. The second kappa shape index (κ2) is 8.69. The average Bonchev–Trinajstić information content (AvgIpc) is 3.06. The third kappa shape index (κ3) is 4.95. The Morgan fingerprint density at radius 1 is 1.23 bits per heavy atom. The van der Waals surface area contributed by atoms with E-state index < -0.39 is 0 Å². The second-order valence-corrected chi connectivity index (χ2v) is 6.62. The first-order valence-corrected chi connectivity index (χ1v) is 8.75. The minimum atomic E-state index is -0.104. The van der Waals surface area contributed by atoms with Crippen molar-refractivity contribution in [2.45, 2.75) is 43.7 Å². The van der Waals surface area contributed by atoms with Crippen LogP contribution in [0.2, 0.25) is 0 Å². The van der Waals surface area contributed by atoms with Crippen LogP contribution in [0.5, 0.6) is 0 Å². The first-order valence-electron chi connectivity index (χ1n) is 7.70. The average molecular weight is 317 g/mol. The van der Waals surface area contributed by atoms with Gasteiger partial charge in [-0.2, -0.15) is 0 Å². The molecule has 2 unspecified atom stereocenters. The Balaban J connectivity index is 1.89. The summed E-state index contributed by atoms with van der Waals surface area (Å²) in [4.78, 5) is 12.4. The maximum absolute atomic E-state index is 12.4. The van der Waals surface area contributed by atoms with Crippen molar-refractivity contribution in [2.75, 3.05) is 0 Å². The molecule has 2 rings (SSSR count). The Morgan fingerprint density at radius 3 is 2.64 bits per heavy atom. The van der Waals surface area contributed by atoms with Gasteiger partial charge >= 0.3 is 0 Å². The van der Waals surface area contributed by atoms with Gasteiger partial charge in [0.25, 0.3) is 0 Å². The van der Waals surface area contributed by atoms with E-state index in [1.165, 1.54) is 5.56 Å². The third-order valence-electron chi connectivity index (χ3n) is 3.52. The van der Waals surface area contributed by atoms with Gasteiger partial charge in [0, 0.05) is 0 Å². The van der Waals surface area contributed by atoms with Gasteiger partial charge in [-0.25, -0.2) is 0 Å². The maximum Gasteiger partial charge on any atom is 0.233 e. The molecule has 0 bridgehead atoms. The third-order valence-corrected chi connectivity index (χ3v) is 4.69. The molecule has 2 atom stereocenters. The van der Waals surface area contributed by atoms with Gasteiger partial charge in [-0.15, -0.1) is 11.8 Å².